The Morgan fingerprint density at radius 1 is 1.62 bits per heavy atom. The average Bonchev–Trinajstić information content (AvgIpc) is 2.28. The van der Waals surface area contributed by atoms with Crippen molar-refractivity contribution in [3.63, 3.8) is 0 Å². The first kappa shape index (κ1) is 2.12. The molecule has 0 aromatic heterocycles. The van der Waals surface area contributed by atoms with Crippen LogP contribution in [0.3, 0.4) is 0 Å². The first-order valence-electron chi connectivity index (χ1n) is 6.10. The van der Waals surface area contributed by atoms with Gasteiger partial charge in [0.25, 0.3) is 0 Å². The van der Waals surface area contributed by atoms with Crippen molar-refractivity contribution in [2.45, 2.75) is 38.4 Å². The molecule has 0 aromatic carbocycles. The third-order valence-electron chi connectivity index (χ3n) is 1.76. The molecule has 0 bridgehead atoms. The van der Waals surface area contributed by atoms with Gasteiger partial charge in [-0.1, -0.05) is 38.4 Å². The van der Waals surface area contributed by atoms with Crippen molar-refractivity contribution in [1.29, 1.82) is 0 Å². The van der Waals surface area contributed by atoms with E-state index in [0.717, 1.165) is 6.42 Å². The predicted octanol–water partition coefficient (Wildman–Crippen LogP) is 2.73. The van der Waals surface area contributed by atoms with Crippen LogP contribution in [0.5, 0.6) is 0 Å². The van der Waals surface area contributed by atoms with Gasteiger partial charge in [0.05, 0.1) is 0 Å². The van der Waals surface area contributed by atoms with Crippen molar-refractivity contribution in [2.24, 2.45) is 5.92 Å². The Hall–Kier alpha value is 0.217. The van der Waals surface area contributed by atoms with Gasteiger partial charge in [-0.2, -0.15) is 0 Å². The van der Waals surface area contributed by atoms with E-state index in [0.29, 0.717) is 12.1 Å². The molecule has 8 heavy (non-hydrogen) atoms. The molecule has 0 unspecified atom stereocenters. The lowest BCUT2D eigenvalue weighted by atomic mass is 10.2. The molecule has 0 saturated carbocycles. The summed E-state index contributed by atoms with van der Waals surface area (Å²) in [5, 5.41) is 0. The van der Waals surface area contributed by atoms with E-state index >= 15 is 0 Å². The molecule has 0 nitrogen and oxygen atoms in total. The number of hydrogen-bond donors (Lipinski definition) is 0. The molecular weight excluding hydrogens is 112 g/mol. The second kappa shape index (κ2) is 1.87. The fraction of sp³-hybridized carbons (Fsp3) is 1.00. The van der Waals surface area contributed by atoms with E-state index in [-0.39, 0.29) is 5.92 Å². The number of hydrogen-bond acceptors (Lipinski definition) is 0. The zero-order valence-electron chi connectivity index (χ0n) is 11.2. The molecule has 0 aromatic rings. The van der Waals surface area contributed by atoms with Crippen LogP contribution >= 0.6 is 0 Å². The van der Waals surface area contributed by atoms with Gasteiger partial charge >= 0.3 is 0 Å². The molecule has 0 radical (unpaired) electrons. The summed E-state index contributed by atoms with van der Waals surface area (Å²) in [5.74, 6) is 0.266. The Bertz CT molecular complexity index is 203. The molecular formula is C7H16Si. The summed E-state index contributed by atoms with van der Waals surface area (Å²) in [6, 6.07) is 0.862. The van der Waals surface area contributed by atoms with E-state index in [4.69, 9.17) is 8.22 Å². The highest BCUT2D eigenvalue weighted by Gasteiger charge is 2.29. The summed E-state index contributed by atoms with van der Waals surface area (Å²) < 4.78 is 44.7. The standard InChI is InChI=1S/C7H16Si/c1-7-4-5-8(2,3)6-7/h7H,4-6H2,1-3H3/t7-/m1/s1/i2D3,3D3. The largest absolute Gasteiger partial charge is 0.0693 e. The minimum absolute atomic E-state index is 0.266. The molecule has 0 amide bonds. The highest BCUT2D eigenvalue weighted by Crippen LogP contribution is 2.33. The maximum atomic E-state index is 7.46. The van der Waals surface area contributed by atoms with Gasteiger partial charge in [0.1, 0.15) is 0 Å². The van der Waals surface area contributed by atoms with Crippen LogP contribution in [0.25, 0.3) is 0 Å². The van der Waals surface area contributed by atoms with E-state index < -0.39 is 21.0 Å². The minimum atomic E-state index is -3.10. The Morgan fingerprint density at radius 2 is 2.38 bits per heavy atom. The van der Waals surface area contributed by atoms with Crippen molar-refractivity contribution in [2.75, 3.05) is 0 Å². The highest BCUT2D eigenvalue weighted by molar-refractivity contribution is 6.78. The maximum Gasteiger partial charge on any atom is 0.0476 e. The highest BCUT2D eigenvalue weighted by atomic mass is 28.3. The molecule has 0 N–H and O–H groups in total. The van der Waals surface area contributed by atoms with Crippen LogP contribution in [0.2, 0.25) is 25.0 Å². The van der Waals surface area contributed by atoms with E-state index in [9.17, 15) is 0 Å². The van der Waals surface area contributed by atoms with Crippen LogP contribution < -0.4 is 0 Å². The van der Waals surface area contributed by atoms with Crippen LogP contribution in [0.4, 0.5) is 0 Å². The summed E-state index contributed by atoms with van der Waals surface area (Å²) in [7, 11) is -3.10. The van der Waals surface area contributed by atoms with E-state index in [1.807, 2.05) is 6.92 Å². The Morgan fingerprint density at radius 3 is 2.62 bits per heavy atom. The van der Waals surface area contributed by atoms with Crippen LogP contribution in [-0.4, -0.2) is 8.07 Å². The van der Waals surface area contributed by atoms with Gasteiger partial charge in [0.2, 0.25) is 0 Å². The summed E-state index contributed by atoms with van der Waals surface area (Å²) in [6.45, 7) is -2.52. The second-order valence-corrected chi connectivity index (χ2v) is 6.00. The van der Waals surface area contributed by atoms with E-state index in [1.54, 1.807) is 0 Å². The second-order valence-electron chi connectivity index (χ2n) is 2.93. The zero-order chi connectivity index (χ0) is 11.2. The molecule has 1 fully saturated rings. The molecule has 48 valence electrons. The summed E-state index contributed by atoms with van der Waals surface area (Å²) in [4.78, 5) is 0. The van der Waals surface area contributed by atoms with Gasteiger partial charge in [-0.25, -0.2) is 0 Å². The minimum Gasteiger partial charge on any atom is -0.0693 e. The van der Waals surface area contributed by atoms with Gasteiger partial charge in [-0.3, -0.25) is 0 Å². The molecule has 0 aliphatic carbocycles. The van der Waals surface area contributed by atoms with Gasteiger partial charge in [0.15, 0.2) is 0 Å². The Labute approximate surface area is 61.7 Å². The molecule has 1 aliphatic rings. The Balaban J connectivity index is 3.05. The smallest absolute Gasteiger partial charge is 0.0476 e. The summed E-state index contributed by atoms with van der Waals surface area (Å²) in [5.41, 5.74) is 0. The number of rotatable bonds is 0. The molecule has 1 rings (SSSR count). The fourth-order valence-corrected chi connectivity index (χ4v) is 3.88. The zero-order valence-corrected chi connectivity index (χ0v) is 6.20. The van der Waals surface area contributed by atoms with E-state index in [1.165, 1.54) is 0 Å². The molecule has 1 atom stereocenters. The molecule has 1 heterocycles. The van der Waals surface area contributed by atoms with Crippen molar-refractivity contribution in [3.8, 4) is 0 Å². The van der Waals surface area contributed by atoms with Gasteiger partial charge in [-0.15, -0.1) is 0 Å². The third kappa shape index (κ3) is 1.34. The maximum absolute atomic E-state index is 7.46. The fourth-order valence-electron chi connectivity index (χ4n) is 1.29. The predicted molar refractivity (Wildman–Crippen MR) is 40.9 cm³/mol. The van der Waals surface area contributed by atoms with Crippen LogP contribution in [0.1, 0.15) is 21.6 Å². The summed E-state index contributed by atoms with van der Waals surface area (Å²) >= 11 is 0. The molecule has 1 saturated heterocycles. The van der Waals surface area contributed by atoms with Crippen LogP contribution in [0.15, 0.2) is 0 Å². The van der Waals surface area contributed by atoms with Crippen molar-refractivity contribution >= 4 is 8.07 Å². The molecule has 0 spiro atoms. The van der Waals surface area contributed by atoms with E-state index in [2.05, 4.69) is 0 Å². The van der Waals surface area contributed by atoms with Crippen LogP contribution in [-0.2, 0) is 0 Å². The third-order valence-corrected chi connectivity index (χ3v) is 4.30. The van der Waals surface area contributed by atoms with Crippen LogP contribution in [0, 0.1) is 5.92 Å². The first-order valence-corrected chi connectivity index (χ1v) is 5.52. The van der Waals surface area contributed by atoms with Gasteiger partial charge in [0, 0.05) is 16.3 Å². The normalized spacial score (nSPS) is 49.9. The van der Waals surface area contributed by atoms with Gasteiger partial charge in [-0.05, 0) is 5.92 Å². The van der Waals surface area contributed by atoms with Crippen molar-refractivity contribution in [1.82, 2.24) is 0 Å². The SMILES string of the molecule is [2H]C([2H])([2H])[Si]1(C([2H])([2H])[2H])CC[C@@H](C)C1. The van der Waals surface area contributed by atoms with Gasteiger partial charge < -0.3 is 0 Å². The van der Waals surface area contributed by atoms with Crippen molar-refractivity contribution < 1.29 is 8.22 Å². The lowest BCUT2D eigenvalue weighted by Crippen LogP contribution is -2.18. The monoisotopic (exact) mass is 134 g/mol. The summed E-state index contributed by atoms with van der Waals surface area (Å²) in [6.07, 6.45) is 0.767. The lowest BCUT2D eigenvalue weighted by Gasteiger charge is -2.12. The molecule has 1 heteroatoms. The molecule has 1 aliphatic heterocycles. The first-order chi connectivity index (χ1) is 6.10. The topological polar surface area (TPSA) is 0 Å². The lowest BCUT2D eigenvalue weighted by molar-refractivity contribution is 0.658. The Kier molecular flexibility index (Phi) is 0.495. The quantitative estimate of drug-likeness (QED) is 0.447. The van der Waals surface area contributed by atoms with Crippen molar-refractivity contribution in [3.05, 3.63) is 0 Å². The average molecular weight is 134 g/mol.